The van der Waals surface area contributed by atoms with Gasteiger partial charge in [0, 0.05) is 25.8 Å². The number of nitrogens with one attached hydrogen (secondary N) is 1. The average molecular weight is 391 g/mol. The molecule has 0 radical (unpaired) electrons. The van der Waals surface area contributed by atoms with Crippen molar-refractivity contribution in [2.45, 2.75) is 18.2 Å². The maximum atomic E-state index is 11.2. The molecule has 1 amide bonds. The van der Waals surface area contributed by atoms with Crippen LogP contribution in [-0.2, 0) is 16.1 Å². The van der Waals surface area contributed by atoms with E-state index < -0.39 is 0 Å². The van der Waals surface area contributed by atoms with Crippen molar-refractivity contribution in [3.05, 3.63) is 107 Å². The quantitative estimate of drug-likeness (QED) is 0.564. The Hall–Kier alpha value is -2.56. The first kappa shape index (κ1) is 20.2. The van der Waals surface area contributed by atoms with Crippen LogP contribution in [0.5, 0.6) is 0 Å². The first-order valence-electron chi connectivity index (χ1n) is 9.46. The molecule has 0 saturated carbocycles. The second-order valence-electron chi connectivity index (χ2n) is 6.66. The summed E-state index contributed by atoms with van der Waals surface area (Å²) in [7, 11) is 0. The molecule has 0 saturated heterocycles. The van der Waals surface area contributed by atoms with Crippen LogP contribution in [0.2, 0.25) is 0 Å². The lowest BCUT2D eigenvalue weighted by molar-refractivity contribution is -0.119. The van der Waals surface area contributed by atoms with Crippen molar-refractivity contribution in [1.29, 1.82) is 0 Å². The lowest BCUT2D eigenvalue weighted by Gasteiger charge is -2.35. The van der Waals surface area contributed by atoms with Gasteiger partial charge in [-0.1, -0.05) is 84.9 Å². The van der Waals surface area contributed by atoms with Gasteiger partial charge in [0.25, 0.3) is 0 Å². The molecule has 3 N–H and O–H groups in total. The zero-order valence-electron chi connectivity index (χ0n) is 16.1. The number of rotatable bonds is 8. The summed E-state index contributed by atoms with van der Waals surface area (Å²) in [5.41, 5.74) is 10.6. The Morgan fingerprint density at radius 1 is 0.857 bits per heavy atom. The van der Waals surface area contributed by atoms with Crippen molar-refractivity contribution in [2.75, 3.05) is 12.3 Å². The van der Waals surface area contributed by atoms with Gasteiger partial charge in [-0.15, -0.1) is 11.8 Å². The van der Waals surface area contributed by atoms with Gasteiger partial charge in [0.05, 0.1) is 4.75 Å². The smallest absolute Gasteiger partial charge is 0.217 e. The van der Waals surface area contributed by atoms with Crippen LogP contribution in [0, 0.1) is 0 Å². The van der Waals surface area contributed by atoms with Crippen molar-refractivity contribution < 1.29 is 4.79 Å². The molecule has 0 atom stereocenters. The molecule has 0 heterocycles. The molecule has 0 aliphatic carbocycles. The molecule has 28 heavy (non-hydrogen) atoms. The van der Waals surface area contributed by atoms with Crippen molar-refractivity contribution in [3.8, 4) is 0 Å². The lowest BCUT2D eigenvalue weighted by Crippen LogP contribution is -2.27. The van der Waals surface area contributed by atoms with Crippen LogP contribution in [0.4, 0.5) is 0 Å². The molecule has 0 bridgehead atoms. The van der Waals surface area contributed by atoms with E-state index in [1.165, 1.54) is 23.6 Å². The first-order chi connectivity index (χ1) is 13.7. The maximum absolute atomic E-state index is 11.2. The van der Waals surface area contributed by atoms with Gasteiger partial charge in [0.15, 0.2) is 0 Å². The number of hydrogen-bond acceptors (Lipinski definition) is 3. The van der Waals surface area contributed by atoms with Crippen LogP contribution in [0.3, 0.4) is 0 Å². The molecule has 3 rings (SSSR count). The molecule has 0 aromatic heterocycles. The van der Waals surface area contributed by atoms with E-state index in [-0.39, 0.29) is 10.7 Å². The van der Waals surface area contributed by atoms with Crippen molar-refractivity contribution in [1.82, 2.24) is 5.32 Å². The van der Waals surface area contributed by atoms with E-state index in [1.54, 1.807) is 0 Å². The van der Waals surface area contributed by atoms with E-state index in [0.29, 0.717) is 13.1 Å². The summed E-state index contributed by atoms with van der Waals surface area (Å²) in [6.07, 6.45) is 0. The number of carbonyl (C=O) groups is 1. The summed E-state index contributed by atoms with van der Waals surface area (Å²) >= 11 is 1.86. The van der Waals surface area contributed by atoms with Gasteiger partial charge in [0.1, 0.15) is 0 Å². The van der Waals surface area contributed by atoms with Crippen molar-refractivity contribution in [2.24, 2.45) is 5.73 Å². The molecular formula is C24H26N2OS. The SMILES string of the molecule is CC(=O)NCc1ccc(C(SCCN)(c2ccccc2)c2ccccc2)cc1. The molecule has 0 aliphatic rings. The predicted octanol–water partition coefficient (Wildman–Crippen LogP) is 4.31. The standard InChI is InChI=1S/C24H26N2OS/c1-19(27)26-18-20-12-14-23(15-13-20)24(28-17-16-25,21-8-4-2-5-9-21)22-10-6-3-7-11-22/h2-15H,16-18,25H2,1H3,(H,26,27). The summed E-state index contributed by atoms with van der Waals surface area (Å²) in [6, 6.07) is 29.7. The Labute approximate surface area is 171 Å². The molecular weight excluding hydrogens is 364 g/mol. The number of amides is 1. The molecule has 0 spiro atoms. The summed E-state index contributed by atoms with van der Waals surface area (Å²) in [5.74, 6) is 0.822. The van der Waals surface area contributed by atoms with Crippen LogP contribution >= 0.6 is 11.8 Å². The van der Waals surface area contributed by atoms with Crippen molar-refractivity contribution >= 4 is 17.7 Å². The highest BCUT2D eigenvalue weighted by Gasteiger charge is 2.36. The lowest BCUT2D eigenvalue weighted by atomic mass is 9.83. The molecule has 4 heteroatoms. The third-order valence-corrected chi connectivity index (χ3v) is 6.28. The number of benzene rings is 3. The van der Waals surface area contributed by atoms with Gasteiger partial charge in [0.2, 0.25) is 5.91 Å². The Morgan fingerprint density at radius 2 is 1.36 bits per heavy atom. The number of nitrogens with two attached hydrogens (primary N) is 1. The van der Waals surface area contributed by atoms with Gasteiger partial charge in [-0.3, -0.25) is 4.79 Å². The topological polar surface area (TPSA) is 55.1 Å². The van der Waals surface area contributed by atoms with E-state index >= 15 is 0 Å². The summed E-state index contributed by atoms with van der Waals surface area (Å²) in [6.45, 7) is 2.69. The summed E-state index contributed by atoms with van der Waals surface area (Å²) in [5, 5.41) is 2.86. The van der Waals surface area contributed by atoms with Crippen LogP contribution in [-0.4, -0.2) is 18.2 Å². The van der Waals surface area contributed by atoms with Gasteiger partial charge in [-0.25, -0.2) is 0 Å². The van der Waals surface area contributed by atoms with Crippen LogP contribution in [0.1, 0.15) is 29.2 Å². The number of carbonyl (C=O) groups excluding carboxylic acids is 1. The molecule has 3 nitrogen and oxygen atoms in total. The van der Waals surface area contributed by atoms with Crippen LogP contribution in [0.15, 0.2) is 84.9 Å². The molecule has 3 aromatic rings. The Bertz CT molecular complexity index is 840. The summed E-state index contributed by atoms with van der Waals surface area (Å²) in [4.78, 5) is 11.2. The number of thioether (sulfide) groups is 1. The molecule has 0 aliphatic heterocycles. The molecule has 3 aromatic carbocycles. The Kier molecular flexibility index (Phi) is 6.90. The monoisotopic (exact) mass is 390 g/mol. The second kappa shape index (κ2) is 9.58. The largest absolute Gasteiger partial charge is 0.352 e. The first-order valence-corrected chi connectivity index (χ1v) is 10.4. The highest BCUT2D eigenvalue weighted by atomic mass is 32.2. The van der Waals surface area contributed by atoms with Gasteiger partial charge in [-0.05, 0) is 22.3 Å². The van der Waals surface area contributed by atoms with E-state index in [0.717, 1.165) is 11.3 Å². The molecule has 0 fully saturated rings. The minimum atomic E-state index is -0.339. The normalized spacial score (nSPS) is 11.2. The fraction of sp³-hybridized carbons (Fsp3) is 0.208. The highest BCUT2D eigenvalue weighted by molar-refractivity contribution is 8.00. The maximum Gasteiger partial charge on any atom is 0.217 e. The average Bonchev–Trinajstić information content (AvgIpc) is 2.75. The van der Waals surface area contributed by atoms with E-state index in [1.807, 2.05) is 23.9 Å². The van der Waals surface area contributed by atoms with Crippen molar-refractivity contribution in [3.63, 3.8) is 0 Å². The fourth-order valence-electron chi connectivity index (χ4n) is 3.39. The van der Waals surface area contributed by atoms with Crippen LogP contribution < -0.4 is 11.1 Å². The highest BCUT2D eigenvalue weighted by Crippen LogP contribution is 2.48. The van der Waals surface area contributed by atoms with E-state index in [4.69, 9.17) is 5.73 Å². The van der Waals surface area contributed by atoms with E-state index in [2.05, 4.69) is 78.1 Å². The zero-order valence-corrected chi connectivity index (χ0v) is 16.9. The second-order valence-corrected chi connectivity index (χ2v) is 7.97. The third-order valence-electron chi connectivity index (χ3n) is 4.70. The van der Waals surface area contributed by atoms with Gasteiger partial charge in [-0.2, -0.15) is 0 Å². The van der Waals surface area contributed by atoms with Gasteiger partial charge < -0.3 is 11.1 Å². The molecule has 144 valence electrons. The third kappa shape index (κ3) is 4.46. The molecule has 0 unspecified atom stereocenters. The number of hydrogen-bond donors (Lipinski definition) is 2. The minimum Gasteiger partial charge on any atom is -0.352 e. The summed E-state index contributed by atoms with van der Waals surface area (Å²) < 4.78 is -0.339. The van der Waals surface area contributed by atoms with Crippen LogP contribution in [0.25, 0.3) is 0 Å². The fourth-order valence-corrected chi connectivity index (χ4v) is 4.72. The zero-order chi connectivity index (χ0) is 19.8. The Morgan fingerprint density at radius 3 is 1.82 bits per heavy atom. The minimum absolute atomic E-state index is 0.0227. The van der Waals surface area contributed by atoms with Gasteiger partial charge >= 0.3 is 0 Å². The van der Waals surface area contributed by atoms with E-state index in [9.17, 15) is 4.79 Å². The Balaban J connectivity index is 2.11. The predicted molar refractivity (Wildman–Crippen MR) is 118 cm³/mol.